The van der Waals surface area contributed by atoms with E-state index >= 15 is 0 Å². The van der Waals surface area contributed by atoms with Crippen molar-refractivity contribution in [3.8, 4) is 0 Å². The Hall–Kier alpha value is -0.0400. The van der Waals surface area contributed by atoms with Crippen LogP contribution in [-0.2, 0) is 0 Å². The maximum Gasteiger partial charge on any atom is 0.0219 e. The highest BCUT2D eigenvalue weighted by Crippen LogP contribution is 2.44. The van der Waals surface area contributed by atoms with Crippen LogP contribution in [0.2, 0.25) is 0 Å². The third kappa shape index (κ3) is 0.368. The van der Waals surface area contributed by atoms with E-state index in [9.17, 15) is 0 Å². The SMILES string of the molecule is CC1CCC12CCN2. The van der Waals surface area contributed by atoms with E-state index in [0.29, 0.717) is 5.54 Å². The summed E-state index contributed by atoms with van der Waals surface area (Å²) in [4.78, 5) is 0. The molecule has 8 heavy (non-hydrogen) atoms. The molecule has 2 rings (SSSR count). The quantitative estimate of drug-likeness (QED) is 0.494. The average molecular weight is 111 g/mol. The molecule has 1 spiro atoms. The van der Waals surface area contributed by atoms with Crippen LogP contribution in [0.15, 0.2) is 0 Å². The Labute approximate surface area is 50.5 Å². The van der Waals surface area contributed by atoms with Crippen molar-refractivity contribution in [3.63, 3.8) is 0 Å². The van der Waals surface area contributed by atoms with Crippen LogP contribution in [0.25, 0.3) is 0 Å². The predicted octanol–water partition coefficient (Wildman–Crippen LogP) is 1.15. The fourth-order valence-electron chi connectivity index (χ4n) is 1.86. The number of nitrogens with one attached hydrogen (secondary N) is 1. The highest BCUT2D eigenvalue weighted by atomic mass is 15.1. The summed E-state index contributed by atoms with van der Waals surface area (Å²) in [6, 6.07) is 0. The lowest BCUT2D eigenvalue weighted by molar-refractivity contribution is 0.0297. The van der Waals surface area contributed by atoms with Gasteiger partial charge in [-0.3, -0.25) is 0 Å². The molecule has 2 fully saturated rings. The Morgan fingerprint density at radius 2 is 2.25 bits per heavy atom. The van der Waals surface area contributed by atoms with Crippen LogP contribution in [0.4, 0.5) is 0 Å². The van der Waals surface area contributed by atoms with Crippen LogP contribution < -0.4 is 5.32 Å². The second-order valence-corrected chi connectivity index (χ2v) is 3.27. The molecular weight excluding hydrogens is 98.1 g/mol. The molecule has 1 saturated carbocycles. The molecule has 1 heteroatoms. The third-order valence-electron chi connectivity index (χ3n) is 3.01. The van der Waals surface area contributed by atoms with Gasteiger partial charge >= 0.3 is 0 Å². The maximum atomic E-state index is 3.51. The van der Waals surface area contributed by atoms with Gasteiger partial charge in [-0.15, -0.1) is 0 Å². The summed E-state index contributed by atoms with van der Waals surface area (Å²) in [6.45, 7) is 3.62. The van der Waals surface area contributed by atoms with E-state index in [1.54, 1.807) is 0 Å². The number of hydrogen-bond acceptors (Lipinski definition) is 1. The molecule has 46 valence electrons. The molecule has 0 aromatic carbocycles. The Balaban J connectivity index is 2.03. The molecule has 0 aromatic heterocycles. The van der Waals surface area contributed by atoms with E-state index in [2.05, 4.69) is 12.2 Å². The standard InChI is InChI=1S/C7H13N/c1-6-2-3-7(6)4-5-8-7/h6,8H,2-5H2,1H3. The van der Waals surface area contributed by atoms with Gasteiger partial charge in [0.05, 0.1) is 0 Å². The molecule has 1 heterocycles. The lowest BCUT2D eigenvalue weighted by atomic mass is 9.62. The van der Waals surface area contributed by atoms with Crippen LogP contribution in [0.3, 0.4) is 0 Å². The summed E-state index contributed by atoms with van der Waals surface area (Å²) in [5.41, 5.74) is 0.653. The summed E-state index contributed by atoms with van der Waals surface area (Å²) < 4.78 is 0. The van der Waals surface area contributed by atoms with Crippen LogP contribution in [0.5, 0.6) is 0 Å². The van der Waals surface area contributed by atoms with E-state index in [0.717, 1.165) is 5.92 Å². The van der Waals surface area contributed by atoms with E-state index < -0.39 is 0 Å². The predicted molar refractivity (Wildman–Crippen MR) is 33.7 cm³/mol. The largest absolute Gasteiger partial charge is 0.311 e. The van der Waals surface area contributed by atoms with Crippen molar-refractivity contribution in [2.75, 3.05) is 6.54 Å². The van der Waals surface area contributed by atoms with Crippen LogP contribution in [0.1, 0.15) is 26.2 Å². The molecule has 2 atom stereocenters. The minimum Gasteiger partial charge on any atom is -0.311 e. The zero-order valence-electron chi connectivity index (χ0n) is 5.41. The van der Waals surface area contributed by atoms with Crippen molar-refractivity contribution in [3.05, 3.63) is 0 Å². The first-order valence-electron chi connectivity index (χ1n) is 3.58. The van der Waals surface area contributed by atoms with Gasteiger partial charge < -0.3 is 5.32 Å². The average Bonchev–Trinajstić information content (AvgIpc) is 1.58. The van der Waals surface area contributed by atoms with Gasteiger partial charge in [-0.1, -0.05) is 6.92 Å². The zero-order valence-corrected chi connectivity index (χ0v) is 5.41. The second kappa shape index (κ2) is 1.27. The zero-order chi connectivity index (χ0) is 5.61. The molecule has 2 aliphatic rings. The van der Waals surface area contributed by atoms with Gasteiger partial charge in [0.25, 0.3) is 0 Å². The van der Waals surface area contributed by atoms with Gasteiger partial charge in [0, 0.05) is 5.54 Å². The van der Waals surface area contributed by atoms with E-state index in [4.69, 9.17) is 0 Å². The molecule has 1 N–H and O–H groups in total. The van der Waals surface area contributed by atoms with E-state index in [1.165, 1.54) is 25.8 Å². The Kier molecular flexibility index (Phi) is 0.762. The Morgan fingerprint density at radius 1 is 1.50 bits per heavy atom. The van der Waals surface area contributed by atoms with Gasteiger partial charge in [0.15, 0.2) is 0 Å². The number of rotatable bonds is 0. The molecule has 0 radical (unpaired) electrons. The molecule has 1 saturated heterocycles. The summed E-state index contributed by atoms with van der Waals surface area (Å²) >= 11 is 0. The normalized spacial score (nSPS) is 52.9. The van der Waals surface area contributed by atoms with Gasteiger partial charge in [0.2, 0.25) is 0 Å². The molecule has 0 bridgehead atoms. The Morgan fingerprint density at radius 3 is 2.25 bits per heavy atom. The highest BCUT2D eigenvalue weighted by molar-refractivity contribution is 5.06. The molecule has 1 aliphatic heterocycles. The summed E-state index contributed by atoms with van der Waals surface area (Å²) in [6.07, 6.45) is 4.33. The van der Waals surface area contributed by atoms with Crippen molar-refractivity contribution in [1.29, 1.82) is 0 Å². The molecule has 2 unspecified atom stereocenters. The van der Waals surface area contributed by atoms with Gasteiger partial charge in [0.1, 0.15) is 0 Å². The highest BCUT2D eigenvalue weighted by Gasteiger charge is 2.47. The van der Waals surface area contributed by atoms with Gasteiger partial charge in [-0.25, -0.2) is 0 Å². The lowest BCUT2D eigenvalue weighted by Crippen LogP contribution is -2.66. The first-order valence-corrected chi connectivity index (χ1v) is 3.58. The van der Waals surface area contributed by atoms with Crippen LogP contribution in [-0.4, -0.2) is 12.1 Å². The third-order valence-corrected chi connectivity index (χ3v) is 3.01. The second-order valence-electron chi connectivity index (χ2n) is 3.27. The summed E-state index contributed by atoms with van der Waals surface area (Å²) in [7, 11) is 0. The van der Waals surface area contributed by atoms with Gasteiger partial charge in [-0.2, -0.15) is 0 Å². The van der Waals surface area contributed by atoms with Crippen molar-refractivity contribution in [2.24, 2.45) is 5.92 Å². The maximum absolute atomic E-state index is 3.51. The fourth-order valence-corrected chi connectivity index (χ4v) is 1.86. The fraction of sp³-hybridized carbons (Fsp3) is 1.00. The molecule has 1 aliphatic carbocycles. The Bertz CT molecular complexity index is 99.4. The summed E-state index contributed by atoms with van der Waals surface area (Å²) in [5, 5.41) is 3.51. The topological polar surface area (TPSA) is 12.0 Å². The lowest BCUT2D eigenvalue weighted by Gasteiger charge is -2.55. The number of hydrogen-bond donors (Lipinski definition) is 1. The summed E-state index contributed by atoms with van der Waals surface area (Å²) in [5.74, 6) is 0.969. The monoisotopic (exact) mass is 111 g/mol. The van der Waals surface area contributed by atoms with Crippen molar-refractivity contribution >= 4 is 0 Å². The molecule has 1 nitrogen and oxygen atoms in total. The van der Waals surface area contributed by atoms with E-state index in [1.807, 2.05) is 0 Å². The van der Waals surface area contributed by atoms with E-state index in [-0.39, 0.29) is 0 Å². The van der Waals surface area contributed by atoms with Crippen LogP contribution in [0, 0.1) is 5.92 Å². The molecule has 0 amide bonds. The van der Waals surface area contributed by atoms with Crippen molar-refractivity contribution in [1.82, 2.24) is 5.32 Å². The van der Waals surface area contributed by atoms with Crippen molar-refractivity contribution < 1.29 is 0 Å². The first kappa shape index (κ1) is 4.80. The van der Waals surface area contributed by atoms with Gasteiger partial charge in [-0.05, 0) is 31.7 Å². The van der Waals surface area contributed by atoms with Crippen molar-refractivity contribution in [2.45, 2.75) is 31.7 Å². The minimum atomic E-state index is 0.653. The first-order chi connectivity index (χ1) is 3.83. The molecular formula is C7H13N. The minimum absolute atomic E-state index is 0.653. The van der Waals surface area contributed by atoms with Crippen LogP contribution >= 0.6 is 0 Å². The molecule has 0 aromatic rings. The smallest absolute Gasteiger partial charge is 0.0219 e.